The number of hydrogen-bond donors (Lipinski definition) is 4. The highest BCUT2D eigenvalue weighted by molar-refractivity contribution is 6.31. The van der Waals surface area contributed by atoms with Crippen molar-refractivity contribution in [2.45, 2.75) is 78.6 Å². The maximum absolute atomic E-state index is 13.0. The Bertz CT molecular complexity index is 1450. The van der Waals surface area contributed by atoms with Crippen LogP contribution in [0.25, 0.3) is 11.0 Å². The molecule has 0 aliphatic rings. The maximum atomic E-state index is 13.0. The Morgan fingerprint density at radius 3 is 2.48 bits per heavy atom. The summed E-state index contributed by atoms with van der Waals surface area (Å²) in [7, 11) is 1.60. The molecule has 228 valence electrons. The molecule has 0 spiro atoms. The van der Waals surface area contributed by atoms with Crippen LogP contribution in [0.4, 0.5) is 11.6 Å². The quantitative estimate of drug-likeness (QED) is 0.130. The van der Waals surface area contributed by atoms with Crippen LogP contribution in [-0.2, 0) is 34.0 Å². The monoisotopic (exact) mass is 603 g/mol. The van der Waals surface area contributed by atoms with Crippen molar-refractivity contribution in [1.29, 1.82) is 0 Å². The summed E-state index contributed by atoms with van der Waals surface area (Å²) in [5, 5.41) is 5.61. The molecule has 0 saturated carbocycles. The van der Waals surface area contributed by atoms with Crippen molar-refractivity contribution in [3.8, 4) is 5.75 Å². The summed E-state index contributed by atoms with van der Waals surface area (Å²) in [5.74, 6) is 0.374. The number of nitrogens with one attached hydrogen (secondary N) is 2. The fourth-order valence-corrected chi connectivity index (χ4v) is 4.61. The van der Waals surface area contributed by atoms with Crippen molar-refractivity contribution < 1.29 is 28.4 Å². The predicted octanol–water partition coefficient (Wildman–Crippen LogP) is 2.51. The third-order valence-electron chi connectivity index (χ3n) is 6.32. The number of rotatable bonds is 13. The first-order valence-electron chi connectivity index (χ1n) is 13.8. The lowest BCUT2D eigenvalue weighted by atomic mass is 10.2. The van der Waals surface area contributed by atoms with Gasteiger partial charge in [0, 0.05) is 25.5 Å². The minimum Gasteiger partial charge on any atom is -0.497 e. The lowest BCUT2D eigenvalue weighted by molar-refractivity contribution is -0.680. The van der Waals surface area contributed by atoms with Crippen LogP contribution in [0.5, 0.6) is 5.75 Å². The van der Waals surface area contributed by atoms with E-state index in [1.807, 2.05) is 45.9 Å². The zero-order chi connectivity index (χ0) is 31.0. The molecule has 0 bridgehead atoms. The number of nitrogen functional groups attached to an aromatic ring is 2. The maximum Gasteiger partial charge on any atom is 0.306 e. The Labute approximate surface area is 249 Å². The summed E-state index contributed by atoms with van der Waals surface area (Å²) in [6, 6.07) is 5.75. The molecule has 2 amide bonds. The average molecular weight is 604 g/mol. The average Bonchev–Trinajstić information content (AvgIpc) is 3.22. The highest BCUT2D eigenvalue weighted by Gasteiger charge is 2.26. The number of aryl methyl sites for hydroxylation is 2. The number of fused-ring (bicyclic) bond motifs is 1. The number of nitrogens with two attached hydrogens (primary N) is 2. The Morgan fingerprint density at radius 2 is 1.81 bits per heavy atom. The highest BCUT2D eigenvalue weighted by atomic mass is 35.5. The van der Waals surface area contributed by atoms with Gasteiger partial charge in [-0.05, 0) is 52.7 Å². The van der Waals surface area contributed by atoms with Gasteiger partial charge in [-0.1, -0.05) is 11.6 Å². The van der Waals surface area contributed by atoms with Crippen LogP contribution >= 0.6 is 11.6 Å². The van der Waals surface area contributed by atoms with Crippen LogP contribution in [0.3, 0.4) is 0 Å². The van der Waals surface area contributed by atoms with Crippen LogP contribution in [0.1, 0.15) is 69.7 Å². The standard InChI is InChI=1S/C28H39ClN8O5/c1-6-36-19-15-17(41-5)11-12-18(19)37(14-8-9-20(38)32-13-7-10-22(39)42-28(2,3)4)21(36)16-33-27(40)23-25(30)35-26(31)24(29)34-23/h11-12,15H,6-10,13-14,16H2,1-5H3,(H5-,30,31,32,33,35,38,40)/p+1. The first kappa shape index (κ1) is 32.4. The summed E-state index contributed by atoms with van der Waals surface area (Å²) < 4.78 is 14.9. The van der Waals surface area contributed by atoms with E-state index in [0.29, 0.717) is 38.2 Å². The molecule has 13 nitrogen and oxygen atoms in total. The highest BCUT2D eigenvalue weighted by Crippen LogP contribution is 2.22. The molecule has 0 aliphatic heterocycles. The van der Waals surface area contributed by atoms with Crippen molar-refractivity contribution in [2.24, 2.45) is 0 Å². The summed E-state index contributed by atoms with van der Waals surface area (Å²) in [6.45, 7) is 9.12. The number of amides is 2. The second-order valence-electron chi connectivity index (χ2n) is 10.6. The smallest absolute Gasteiger partial charge is 0.306 e. The molecule has 0 atom stereocenters. The number of carbonyl (C=O) groups excluding carboxylic acids is 3. The Balaban J connectivity index is 1.70. The van der Waals surface area contributed by atoms with E-state index in [1.54, 1.807) is 7.11 Å². The molecule has 3 rings (SSSR count). The third-order valence-corrected chi connectivity index (χ3v) is 6.59. The summed E-state index contributed by atoms with van der Waals surface area (Å²) in [4.78, 5) is 45.2. The molecule has 14 heteroatoms. The second-order valence-corrected chi connectivity index (χ2v) is 11.0. The molecule has 2 heterocycles. The number of nitrogens with zero attached hydrogens (tertiary/aromatic N) is 4. The number of carbonyl (C=O) groups is 3. The van der Waals surface area contributed by atoms with Gasteiger partial charge in [0.2, 0.25) is 5.91 Å². The van der Waals surface area contributed by atoms with Gasteiger partial charge in [-0.2, -0.15) is 0 Å². The fourth-order valence-electron chi connectivity index (χ4n) is 4.48. The van der Waals surface area contributed by atoms with Gasteiger partial charge in [0.1, 0.15) is 17.9 Å². The number of imidazole rings is 1. The number of benzene rings is 1. The molecule has 0 radical (unpaired) electrons. The molecule has 3 aromatic rings. The molecule has 42 heavy (non-hydrogen) atoms. The number of ether oxygens (including phenoxy) is 2. The van der Waals surface area contributed by atoms with E-state index in [0.717, 1.165) is 16.9 Å². The van der Waals surface area contributed by atoms with Crippen molar-refractivity contribution in [3.63, 3.8) is 0 Å². The van der Waals surface area contributed by atoms with E-state index in [4.69, 9.17) is 32.5 Å². The predicted molar refractivity (Wildman–Crippen MR) is 159 cm³/mol. The number of aromatic nitrogens is 4. The first-order valence-corrected chi connectivity index (χ1v) is 14.2. The van der Waals surface area contributed by atoms with Crippen LogP contribution in [0.2, 0.25) is 5.15 Å². The molecule has 1 aromatic carbocycles. The SMILES string of the molecule is CCn1c(CNC(=O)c2nc(Cl)c(N)nc2N)[n+](CCCC(=O)NCCCC(=O)OC(C)(C)C)c2ccc(OC)cc21. The van der Waals surface area contributed by atoms with E-state index in [1.165, 1.54) is 0 Å². The molecule has 0 fully saturated rings. The molecular formula is C28H40ClN8O5+. The second kappa shape index (κ2) is 14.2. The molecule has 0 saturated heterocycles. The number of hydrogen-bond acceptors (Lipinski definition) is 9. The van der Waals surface area contributed by atoms with Crippen molar-refractivity contribution in [3.05, 3.63) is 34.9 Å². The van der Waals surface area contributed by atoms with Gasteiger partial charge < -0.3 is 31.6 Å². The zero-order valence-corrected chi connectivity index (χ0v) is 25.5. The number of anilines is 2. The van der Waals surface area contributed by atoms with Crippen LogP contribution in [0, 0.1) is 0 Å². The number of halogens is 1. The van der Waals surface area contributed by atoms with Crippen LogP contribution in [-0.4, -0.2) is 51.6 Å². The van der Waals surface area contributed by atoms with Gasteiger partial charge in [0.15, 0.2) is 33.5 Å². The summed E-state index contributed by atoms with van der Waals surface area (Å²) in [5.41, 5.74) is 12.7. The number of esters is 1. The third kappa shape index (κ3) is 8.44. The number of methoxy groups -OCH3 is 1. The largest absolute Gasteiger partial charge is 0.497 e. The van der Waals surface area contributed by atoms with Gasteiger partial charge in [0.25, 0.3) is 11.7 Å². The zero-order valence-electron chi connectivity index (χ0n) is 24.8. The van der Waals surface area contributed by atoms with E-state index in [2.05, 4.69) is 29.7 Å². The molecule has 0 unspecified atom stereocenters. The van der Waals surface area contributed by atoms with Gasteiger partial charge in [-0.15, -0.1) is 0 Å². The Hall–Kier alpha value is -4.13. The van der Waals surface area contributed by atoms with E-state index < -0.39 is 11.5 Å². The van der Waals surface area contributed by atoms with Gasteiger partial charge in [-0.25, -0.2) is 19.1 Å². The molecular weight excluding hydrogens is 564 g/mol. The molecule has 2 aromatic heterocycles. The van der Waals surface area contributed by atoms with E-state index in [-0.39, 0.29) is 53.7 Å². The van der Waals surface area contributed by atoms with Crippen molar-refractivity contribution in [1.82, 2.24) is 25.2 Å². The lowest BCUT2D eigenvalue weighted by Crippen LogP contribution is -2.42. The lowest BCUT2D eigenvalue weighted by Gasteiger charge is -2.19. The van der Waals surface area contributed by atoms with Crippen LogP contribution < -0.4 is 31.4 Å². The van der Waals surface area contributed by atoms with E-state index in [9.17, 15) is 14.4 Å². The van der Waals surface area contributed by atoms with E-state index >= 15 is 0 Å². The van der Waals surface area contributed by atoms with Crippen molar-refractivity contribution in [2.75, 3.05) is 25.1 Å². The summed E-state index contributed by atoms with van der Waals surface area (Å²) >= 11 is 5.95. The molecule has 6 N–H and O–H groups in total. The first-order chi connectivity index (χ1) is 19.8. The van der Waals surface area contributed by atoms with Crippen LogP contribution in [0.15, 0.2) is 18.2 Å². The fraction of sp³-hybridized carbons (Fsp3) is 0.500. The van der Waals surface area contributed by atoms with Gasteiger partial charge in [0.05, 0.1) is 20.2 Å². The van der Waals surface area contributed by atoms with Gasteiger partial charge in [-0.3, -0.25) is 14.4 Å². The molecule has 0 aliphatic carbocycles. The minimum absolute atomic E-state index is 0.0595. The topological polar surface area (TPSA) is 180 Å². The summed E-state index contributed by atoms with van der Waals surface area (Å²) in [6.07, 6.45) is 1.57. The van der Waals surface area contributed by atoms with Crippen molar-refractivity contribution >= 4 is 52.1 Å². The minimum atomic E-state index is -0.551. The normalized spacial score (nSPS) is 11.4. The van der Waals surface area contributed by atoms with Gasteiger partial charge >= 0.3 is 5.97 Å². The Morgan fingerprint density at radius 1 is 1.07 bits per heavy atom. The Kier molecular flexibility index (Phi) is 10.9.